The van der Waals surface area contributed by atoms with Gasteiger partial charge in [-0.15, -0.1) is 5.10 Å². The molecule has 2 aliphatic rings. The fraction of sp³-hybridized carbons (Fsp3) is 0.500. The van der Waals surface area contributed by atoms with Crippen molar-refractivity contribution >= 4 is 21.7 Å². The number of aliphatic hydroxyl groups excluding tert-OH is 1. The summed E-state index contributed by atoms with van der Waals surface area (Å²) in [6, 6.07) is 6.87. The van der Waals surface area contributed by atoms with E-state index in [1.807, 2.05) is 17.0 Å². The van der Waals surface area contributed by atoms with E-state index in [1.54, 1.807) is 32.3 Å². The molecule has 2 fully saturated rings. The molecule has 36 heavy (non-hydrogen) atoms. The monoisotopic (exact) mass is 513 g/mol. The van der Waals surface area contributed by atoms with Crippen LogP contribution in [0.1, 0.15) is 57.9 Å². The largest absolute Gasteiger partial charge is 0.460 e. The molecule has 1 aromatic carbocycles. The molecule has 0 spiro atoms. The summed E-state index contributed by atoms with van der Waals surface area (Å²) in [6.07, 6.45) is 9.46. The Balaban J connectivity index is 1.14. The predicted octanol–water partition coefficient (Wildman–Crippen LogP) is 2.69. The molecule has 0 atom stereocenters. The van der Waals surface area contributed by atoms with E-state index >= 15 is 0 Å². The average Bonchev–Trinajstić information content (AvgIpc) is 3.37. The second-order valence-corrected chi connectivity index (χ2v) is 12.2. The highest BCUT2D eigenvalue weighted by molar-refractivity contribution is 7.89. The Labute approximate surface area is 210 Å². The maximum atomic E-state index is 12.5. The number of hydrogen-bond acceptors (Lipinski definition) is 9. The minimum atomic E-state index is -3.75. The first-order valence-corrected chi connectivity index (χ1v) is 13.5. The molecule has 2 heterocycles. The molecule has 0 saturated heterocycles. The molecule has 3 N–H and O–H groups in total. The van der Waals surface area contributed by atoms with Gasteiger partial charge in [0.25, 0.3) is 0 Å². The van der Waals surface area contributed by atoms with Gasteiger partial charge in [0.15, 0.2) is 0 Å². The molecule has 0 radical (unpaired) electrons. The molecule has 192 valence electrons. The summed E-state index contributed by atoms with van der Waals surface area (Å²) in [6.45, 7) is 5.10. The van der Waals surface area contributed by atoms with Crippen LogP contribution < -0.4 is 14.8 Å². The molecular formula is C24H31N7O4S. The van der Waals surface area contributed by atoms with Crippen molar-refractivity contribution in [3.8, 4) is 6.01 Å². The van der Waals surface area contributed by atoms with E-state index in [0.29, 0.717) is 23.6 Å². The minimum absolute atomic E-state index is 0.0982. The van der Waals surface area contributed by atoms with E-state index in [4.69, 9.17) is 4.74 Å². The van der Waals surface area contributed by atoms with Crippen molar-refractivity contribution in [1.29, 1.82) is 0 Å². The standard InChI is InChI=1S/C24H31N7O4S/c1-23(2,14-32)30-36(33,34)20-6-4-18(5-7-20)28-21-25-12-17(13-26-21)16-10-19(11-16)35-22-29-27-15-31(22)24(3)8-9-24/h4-7,12-13,15-16,19,30,32H,8-11,14H2,1-3H3,(H,25,26,28). The number of hydrogen-bond donors (Lipinski definition) is 3. The van der Waals surface area contributed by atoms with Crippen LogP contribution >= 0.6 is 0 Å². The quantitative estimate of drug-likeness (QED) is 0.373. The number of aromatic nitrogens is 5. The van der Waals surface area contributed by atoms with Crippen LogP contribution in [0.3, 0.4) is 0 Å². The number of nitrogens with zero attached hydrogens (tertiary/aromatic N) is 5. The van der Waals surface area contributed by atoms with Crippen LogP contribution in [0.2, 0.25) is 0 Å². The van der Waals surface area contributed by atoms with Crippen molar-refractivity contribution in [3.05, 3.63) is 48.5 Å². The number of benzene rings is 1. The first-order valence-electron chi connectivity index (χ1n) is 12.0. The molecule has 5 rings (SSSR count). The van der Waals surface area contributed by atoms with Gasteiger partial charge in [-0.05, 0) is 82.2 Å². The number of sulfonamides is 1. The molecule has 12 heteroatoms. The van der Waals surface area contributed by atoms with Crippen LogP contribution in [0.25, 0.3) is 0 Å². The number of aliphatic hydroxyl groups is 1. The van der Waals surface area contributed by atoms with E-state index in [1.165, 1.54) is 12.1 Å². The summed E-state index contributed by atoms with van der Waals surface area (Å²) in [4.78, 5) is 8.94. The minimum Gasteiger partial charge on any atom is -0.460 e. The van der Waals surface area contributed by atoms with Gasteiger partial charge in [-0.25, -0.2) is 23.1 Å². The van der Waals surface area contributed by atoms with Crippen molar-refractivity contribution in [2.24, 2.45) is 0 Å². The van der Waals surface area contributed by atoms with E-state index in [9.17, 15) is 13.5 Å². The number of rotatable bonds is 10. The number of anilines is 2. The summed E-state index contributed by atoms with van der Waals surface area (Å²) < 4.78 is 35.6. The zero-order valence-corrected chi connectivity index (χ0v) is 21.4. The zero-order valence-electron chi connectivity index (χ0n) is 20.5. The normalized spacial score (nSPS) is 21.0. The summed E-state index contributed by atoms with van der Waals surface area (Å²) in [5, 5.41) is 20.6. The van der Waals surface area contributed by atoms with E-state index in [0.717, 1.165) is 31.2 Å². The summed E-state index contributed by atoms with van der Waals surface area (Å²) >= 11 is 0. The lowest BCUT2D eigenvalue weighted by atomic mass is 9.78. The third-order valence-corrected chi connectivity index (χ3v) is 8.52. The van der Waals surface area contributed by atoms with Gasteiger partial charge in [0.2, 0.25) is 16.0 Å². The molecule has 0 unspecified atom stereocenters. The van der Waals surface area contributed by atoms with Gasteiger partial charge in [-0.2, -0.15) is 0 Å². The van der Waals surface area contributed by atoms with Gasteiger partial charge >= 0.3 is 6.01 Å². The molecule has 2 aromatic heterocycles. The molecule has 0 bridgehead atoms. The third-order valence-electron chi connectivity index (χ3n) is 6.81. The highest BCUT2D eigenvalue weighted by Gasteiger charge is 2.42. The van der Waals surface area contributed by atoms with Crippen molar-refractivity contribution in [2.45, 2.75) is 74.4 Å². The fourth-order valence-corrected chi connectivity index (χ4v) is 5.50. The van der Waals surface area contributed by atoms with Gasteiger partial charge < -0.3 is 15.2 Å². The zero-order chi connectivity index (χ0) is 25.6. The SMILES string of the molecule is CC(C)(CO)NS(=O)(=O)c1ccc(Nc2ncc(C3CC(Oc4nncn4C4(C)CC4)C3)cn2)cc1. The van der Waals surface area contributed by atoms with Crippen LogP contribution in [0.15, 0.2) is 47.9 Å². The van der Waals surface area contributed by atoms with Crippen LogP contribution in [-0.2, 0) is 15.6 Å². The highest BCUT2D eigenvalue weighted by atomic mass is 32.2. The van der Waals surface area contributed by atoms with Crippen molar-refractivity contribution in [3.63, 3.8) is 0 Å². The average molecular weight is 514 g/mol. The maximum absolute atomic E-state index is 12.5. The van der Waals surface area contributed by atoms with Crippen LogP contribution in [-0.4, -0.2) is 56.5 Å². The Kier molecular flexibility index (Phi) is 6.21. The molecule has 2 aliphatic carbocycles. The van der Waals surface area contributed by atoms with Gasteiger partial charge in [0.1, 0.15) is 12.4 Å². The molecule has 0 amide bonds. The summed E-state index contributed by atoms with van der Waals surface area (Å²) in [7, 11) is -3.75. The van der Waals surface area contributed by atoms with Gasteiger partial charge in [0, 0.05) is 23.6 Å². The Morgan fingerprint density at radius 3 is 2.44 bits per heavy atom. The number of nitrogens with one attached hydrogen (secondary N) is 2. The lowest BCUT2D eigenvalue weighted by molar-refractivity contribution is 0.0807. The lowest BCUT2D eigenvalue weighted by Gasteiger charge is -2.35. The topological polar surface area (TPSA) is 144 Å². The van der Waals surface area contributed by atoms with E-state index in [-0.39, 0.29) is 23.1 Å². The Morgan fingerprint density at radius 1 is 1.17 bits per heavy atom. The smallest absolute Gasteiger partial charge is 0.317 e. The van der Waals surface area contributed by atoms with E-state index < -0.39 is 15.6 Å². The second kappa shape index (κ2) is 9.09. The van der Waals surface area contributed by atoms with Crippen LogP contribution in [0.5, 0.6) is 6.01 Å². The summed E-state index contributed by atoms with van der Waals surface area (Å²) in [5.41, 5.74) is 0.858. The summed E-state index contributed by atoms with van der Waals surface area (Å²) in [5.74, 6) is 0.754. The molecule has 2 saturated carbocycles. The van der Waals surface area contributed by atoms with Crippen molar-refractivity contribution < 1.29 is 18.3 Å². The highest BCUT2D eigenvalue weighted by Crippen LogP contribution is 2.45. The third kappa shape index (κ3) is 5.20. The maximum Gasteiger partial charge on any atom is 0.317 e. The Morgan fingerprint density at radius 2 is 1.83 bits per heavy atom. The van der Waals surface area contributed by atoms with Gasteiger partial charge in [-0.3, -0.25) is 4.57 Å². The van der Waals surface area contributed by atoms with E-state index in [2.05, 4.69) is 37.1 Å². The lowest BCUT2D eigenvalue weighted by Crippen LogP contribution is -2.46. The second-order valence-electron chi connectivity index (χ2n) is 10.5. The van der Waals surface area contributed by atoms with Crippen molar-refractivity contribution in [2.75, 3.05) is 11.9 Å². The van der Waals surface area contributed by atoms with Crippen LogP contribution in [0.4, 0.5) is 11.6 Å². The molecule has 3 aromatic rings. The van der Waals surface area contributed by atoms with Crippen molar-refractivity contribution in [1.82, 2.24) is 29.5 Å². The number of ether oxygens (including phenoxy) is 1. The van der Waals surface area contributed by atoms with Crippen LogP contribution in [0, 0.1) is 0 Å². The van der Waals surface area contributed by atoms with Gasteiger partial charge in [0.05, 0.1) is 17.0 Å². The first-order chi connectivity index (χ1) is 17.1. The predicted molar refractivity (Wildman–Crippen MR) is 133 cm³/mol. The molecule has 11 nitrogen and oxygen atoms in total. The Bertz CT molecular complexity index is 1310. The molecule has 0 aliphatic heterocycles. The molecular weight excluding hydrogens is 482 g/mol. The fourth-order valence-electron chi connectivity index (χ4n) is 4.09. The van der Waals surface area contributed by atoms with Gasteiger partial charge in [-0.1, -0.05) is 5.10 Å². The Hall–Kier alpha value is -3.09. The first kappa shape index (κ1) is 24.6.